The minimum atomic E-state index is -4.75. The molecule has 1 aromatic rings. The highest BCUT2D eigenvalue weighted by Crippen LogP contribution is 2.26. The molecule has 6 nitrogen and oxygen atoms in total. The van der Waals surface area contributed by atoms with Gasteiger partial charge in [0.05, 0.1) is 5.70 Å². The topological polar surface area (TPSA) is 48.4 Å². The molecule has 2 rings (SSSR count). The number of ether oxygens (including phenoxy) is 1. The number of aliphatic imine (C=N–C) groups is 1. The van der Waals surface area contributed by atoms with Crippen molar-refractivity contribution < 1.29 is 22.7 Å². The largest absolute Gasteiger partial charge is 0.573 e. The van der Waals surface area contributed by atoms with E-state index in [9.17, 15) is 18.0 Å². The summed E-state index contributed by atoms with van der Waals surface area (Å²) in [5.74, 6) is 0.277. The van der Waals surface area contributed by atoms with E-state index >= 15 is 0 Å². The molecule has 0 saturated heterocycles. The maximum absolute atomic E-state index is 12.9. The SMILES string of the molecule is C=C(C)C1=C(N=C(C)N(C)CCN(C)C)C=CCC(N(C)C(=O)/C=C/c2ccc(OC(F)(F)F)cc2)=C1. The maximum atomic E-state index is 12.9. The molecule has 0 bridgehead atoms. The number of carbonyl (C=O) groups is 1. The van der Waals surface area contributed by atoms with Gasteiger partial charge in [-0.15, -0.1) is 13.2 Å². The van der Waals surface area contributed by atoms with Crippen LogP contribution < -0.4 is 4.74 Å². The van der Waals surface area contributed by atoms with Crippen molar-refractivity contribution in [2.45, 2.75) is 26.6 Å². The number of carbonyl (C=O) groups excluding carboxylic acids is 1. The number of amides is 1. The van der Waals surface area contributed by atoms with Crippen molar-refractivity contribution in [3.05, 3.63) is 83.3 Å². The number of nitrogens with zero attached hydrogens (tertiary/aromatic N) is 4. The molecule has 1 aliphatic rings. The van der Waals surface area contributed by atoms with Crippen LogP contribution in [0.1, 0.15) is 25.8 Å². The smallest absolute Gasteiger partial charge is 0.406 e. The molecule has 0 aliphatic heterocycles. The third kappa shape index (κ3) is 9.76. The van der Waals surface area contributed by atoms with Gasteiger partial charge in [-0.25, -0.2) is 4.99 Å². The van der Waals surface area contributed by atoms with E-state index in [1.807, 2.05) is 53.2 Å². The molecule has 1 aliphatic carbocycles. The van der Waals surface area contributed by atoms with E-state index in [2.05, 4.69) is 21.1 Å². The Balaban J connectivity index is 2.21. The first kappa shape index (κ1) is 29.6. The van der Waals surface area contributed by atoms with E-state index in [0.29, 0.717) is 12.0 Å². The molecule has 0 radical (unpaired) electrons. The summed E-state index contributed by atoms with van der Waals surface area (Å²) in [6, 6.07) is 5.29. The van der Waals surface area contributed by atoms with E-state index in [1.54, 1.807) is 13.1 Å². The fraction of sp³-hybridized carbons (Fsp3) is 0.357. The summed E-state index contributed by atoms with van der Waals surface area (Å²) < 4.78 is 40.9. The van der Waals surface area contributed by atoms with Crippen molar-refractivity contribution in [1.29, 1.82) is 0 Å². The van der Waals surface area contributed by atoms with Crippen LogP contribution >= 0.6 is 0 Å². The highest BCUT2D eigenvalue weighted by molar-refractivity contribution is 5.93. The normalized spacial score (nSPS) is 14.6. The Kier molecular flexibility index (Phi) is 10.5. The monoisotopic (exact) mass is 516 g/mol. The fourth-order valence-electron chi connectivity index (χ4n) is 3.33. The lowest BCUT2D eigenvalue weighted by molar-refractivity contribution is -0.274. The van der Waals surface area contributed by atoms with Gasteiger partial charge in [-0.2, -0.15) is 0 Å². The third-order valence-corrected chi connectivity index (χ3v) is 5.66. The highest BCUT2D eigenvalue weighted by atomic mass is 19.4. The lowest BCUT2D eigenvalue weighted by atomic mass is 10.1. The molecule has 0 atom stereocenters. The quantitative estimate of drug-likeness (QED) is 0.242. The zero-order chi connectivity index (χ0) is 27.8. The Labute approximate surface area is 217 Å². The molecule has 0 fully saturated rings. The van der Waals surface area contributed by atoms with Crippen LogP contribution in [0.2, 0.25) is 0 Å². The average molecular weight is 517 g/mol. The van der Waals surface area contributed by atoms with Crippen molar-refractivity contribution >= 4 is 17.8 Å². The summed E-state index contributed by atoms with van der Waals surface area (Å²) >= 11 is 0. The molecule has 0 saturated carbocycles. The van der Waals surface area contributed by atoms with Crippen molar-refractivity contribution in [3.63, 3.8) is 0 Å². The van der Waals surface area contributed by atoms with E-state index in [4.69, 9.17) is 4.99 Å². The van der Waals surface area contributed by atoms with Gasteiger partial charge >= 0.3 is 6.36 Å². The maximum Gasteiger partial charge on any atom is 0.573 e. The van der Waals surface area contributed by atoms with Gasteiger partial charge in [-0.3, -0.25) is 4.79 Å². The number of allylic oxidation sites excluding steroid dienone is 5. The molecule has 0 N–H and O–H groups in total. The third-order valence-electron chi connectivity index (χ3n) is 5.66. The molecule has 0 unspecified atom stereocenters. The predicted octanol–water partition coefficient (Wildman–Crippen LogP) is 5.64. The number of hydrogen-bond acceptors (Lipinski definition) is 4. The van der Waals surface area contributed by atoms with E-state index in [1.165, 1.54) is 35.2 Å². The molecule has 0 spiro atoms. The van der Waals surface area contributed by atoms with Crippen LogP contribution in [0.15, 0.2) is 82.7 Å². The highest BCUT2D eigenvalue weighted by Gasteiger charge is 2.30. The number of halogens is 3. The minimum Gasteiger partial charge on any atom is -0.406 e. The zero-order valence-corrected chi connectivity index (χ0v) is 22.3. The Morgan fingerprint density at radius 2 is 1.76 bits per heavy atom. The van der Waals surface area contributed by atoms with Gasteiger partial charge in [0.1, 0.15) is 11.6 Å². The number of likely N-dealkylation sites (N-methyl/N-ethyl adjacent to an activating group) is 3. The van der Waals surface area contributed by atoms with Gasteiger partial charge < -0.3 is 19.4 Å². The van der Waals surface area contributed by atoms with E-state index in [-0.39, 0.29) is 11.7 Å². The van der Waals surface area contributed by atoms with Crippen molar-refractivity contribution in [3.8, 4) is 5.75 Å². The Bertz CT molecular complexity index is 1130. The Hall–Kier alpha value is -3.59. The second-order valence-electron chi connectivity index (χ2n) is 9.05. The molecular weight excluding hydrogens is 481 g/mol. The van der Waals surface area contributed by atoms with Crippen LogP contribution in [0.4, 0.5) is 13.2 Å². The number of hydrogen-bond donors (Lipinski definition) is 0. The second-order valence-corrected chi connectivity index (χ2v) is 9.05. The van der Waals surface area contributed by atoms with Crippen LogP contribution in [-0.4, -0.2) is 74.1 Å². The first-order valence-corrected chi connectivity index (χ1v) is 11.8. The molecule has 0 heterocycles. The summed E-state index contributed by atoms with van der Waals surface area (Å²) in [7, 11) is 7.73. The molecule has 1 aromatic carbocycles. The standard InChI is InChI=1S/C28H35F3N4O2/c1-20(2)25-19-23(9-8-10-26(25)32-21(3)34(6)18-17-33(4)5)35(7)27(36)16-13-22-11-14-24(15-12-22)37-28(29,30)31/h8,10-16,19H,1,9,17-18H2,2-7H3/b16-13+,32-21?. The van der Waals surface area contributed by atoms with Crippen molar-refractivity contribution in [2.75, 3.05) is 41.3 Å². The number of benzene rings is 1. The van der Waals surface area contributed by atoms with Crippen LogP contribution in [0.25, 0.3) is 6.08 Å². The predicted molar refractivity (Wildman–Crippen MR) is 143 cm³/mol. The van der Waals surface area contributed by atoms with Crippen molar-refractivity contribution in [2.24, 2.45) is 4.99 Å². The summed E-state index contributed by atoms with van der Waals surface area (Å²) in [4.78, 5) is 23.4. The minimum absolute atomic E-state index is 0.275. The lowest BCUT2D eigenvalue weighted by Gasteiger charge is -2.21. The van der Waals surface area contributed by atoms with Crippen molar-refractivity contribution in [1.82, 2.24) is 14.7 Å². The summed E-state index contributed by atoms with van der Waals surface area (Å²) in [5.41, 5.74) is 3.77. The number of alkyl halides is 3. The second kappa shape index (κ2) is 13.1. The molecule has 0 aromatic heterocycles. The van der Waals surface area contributed by atoms with Crippen LogP contribution in [0, 0.1) is 0 Å². The Morgan fingerprint density at radius 3 is 2.32 bits per heavy atom. The fourth-order valence-corrected chi connectivity index (χ4v) is 3.33. The molecule has 37 heavy (non-hydrogen) atoms. The van der Waals surface area contributed by atoms with Crippen LogP contribution in [0.5, 0.6) is 5.75 Å². The van der Waals surface area contributed by atoms with E-state index in [0.717, 1.165) is 41.5 Å². The zero-order valence-electron chi connectivity index (χ0n) is 22.3. The summed E-state index contributed by atoms with van der Waals surface area (Å²) in [6.45, 7) is 9.71. The molecule has 9 heteroatoms. The molecular formula is C28H35F3N4O2. The van der Waals surface area contributed by atoms with Gasteiger partial charge in [0.25, 0.3) is 0 Å². The summed E-state index contributed by atoms with van der Waals surface area (Å²) in [5, 5.41) is 0. The van der Waals surface area contributed by atoms with Gasteiger partial charge in [-0.05, 0) is 69.4 Å². The molecule has 1 amide bonds. The first-order valence-electron chi connectivity index (χ1n) is 11.8. The first-order chi connectivity index (χ1) is 17.3. The Morgan fingerprint density at radius 1 is 1.11 bits per heavy atom. The van der Waals surface area contributed by atoms with Crippen LogP contribution in [-0.2, 0) is 4.79 Å². The molecule has 200 valence electrons. The number of rotatable bonds is 9. The van der Waals surface area contributed by atoms with Gasteiger partial charge in [-0.1, -0.05) is 24.8 Å². The van der Waals surface area contributed by atoms with Gasteiger partial charge in [0, 0.05) is 51.0 Å². The summed E-state index contributed by atoms with van der Waals surface area (Å²) in [6.07, 6.45) is 4.51. The lowest BCUT2D eigenvalue weighted by Crippen LogP contribution is -2.32. The van der Waals surface area contributed by atoms with Gasteiger partial charge in [0.2, 0.25) is 5.91 Å². The van der Waals surface area contributed by atoms with E-state index < -0.39 is 6.36 Å². The van der Waals surface area contributed by atoms with Gasteiger partial charge in [0.15, 0.2) is 0 Å². The average Bonchev–Trinajstić information content (AvgIpc) is 3.03. The number of amidine groups is 1. The van der Waals surface area contributed by atoms with Crippen LogP contribution in [0.3, 0.4) is 0 Å².